The Hall–Kier alpha value is -1.02. The zero-order valence-electron chi connectivity index (χ0n) is 14.0. The molecule has 0 amide bonds. The quantitative estimate of drug-likeness (QED) is 0.790. The zero-order chi connectivity index (χ0) is 15.2. The second kappa shape index (κ2) is 7.68. The van der Waals surface area contributed by atoms with Crippen molar-refractivity contribution in [1.29, 1.82) is 0 Å². The smallest absolute Gasteiger partial charge is 0.120 e. The van der Waals surface area contributed by atoms with Gasteiger partial charge >= 0.3 is 0 Å². The van der Waals surface area contributed by atoms with Gasteiger partial charge in [-0.05, 0) is 49.4 Å². The minimum atomic E-state index is 0.160. The fraction of sp³-hybridized carbons (Fsp3) is 0.667. The van der Waals surface area contributed by atoms with Crippen LogP contribution in [0.15, 0.2) is 24.3 Å². The Morgan fingerprint density at radius 2 is 1.90 bits per heavy atom. The Morgan fingerprint density at radius 1 is 1.20 bits per heavy atom. The molecule has 0 aliphatic carbocycles. The van der Waals surface area contributed by atoms with Crippen molar-refractivity contribution in [3.63, 3.8) is 0 Å². The lowest BCUT2D eigenvalue weighted by Crippen LogP contribution is -2.41. The SMILES string of the molecule is CCCNC(CC)C(C)Oc1cccc(C(C)(C)C)c1. The van der Waals surface area contributed by atoms with Crippen molar-refractivity contribution in [2.75, 3.05) is 6.54 Å². The van der Waals surface area contributed by atoms with E-state index < -0.39 is 0 Å². The van der Waals surface area contributed by atoms with E-state index in [1.165, 1.54) is 5.56 Å². The number of benzene rings is 1. The van der Waals surface area contributed by atoms with Crippen LogP contribution in [0.3, 0.4) is 0 Å². The first kappa shape index (κ1) is 17.0. The molecule has 1 rings (SSSR count). The minimum absolute atomic E-state index is 0.160. The predicted octanol–water partition coefficient (Wildman–Crippen LogP) is 4.53. The molecule has 114 valence electrons. The van der Waals surface area contributed by atoms with E-state index >= 15 is 0 Å². The summed E-state index contributed by atoms with van der Waals surface area (Å²) >= 11 is 0. The summed E-state index contributed by atoms with van der Waals surface area (Å²) in [5.74, 6) is 0.974. The monoisotopic (exact) mass is 277 g/mol. The molecule has 1 aromatic carbocycles. The largest absolute Gasteiger partial charge is 0.489 e. The second-order valence-electron chi connectivity index (χ2n) is 6.57. The fourth-order valence-corrected chi connectivity index (χ4v) is 2.30. The molecule has 0 heterocycles. The van der Waals surface area contributed by atoms with Crippen LogP contribution in [0.4, 0.5) is 0 Å². The summed E-state index contributed by atoms with van der Waals surface area (Å²) in [6.07, 6.45) is 2.42. The molecule has 0 radical (unpaired) electrons. The summed E-state index contributed by atoms with van der Waals surface area (Å²) in [6.45, 7) is 14.3. The average Bonchev–Trinajstić information content (AvgIpc) is 2.39. The van der Waals surface area contributed by atoms with Crippen molar-refractivity contribution in [2.24, 2.45) is 0 Å². The van der Waals surface area contributed by atoms with E-state index in [9.17, 15) is 0 Å². The fourth-order valence-electron chi connectivity index (χ4n) is 2.30. The zero-order valence-corrected chi connectivity index (χ0v) is 14.0. The van der Waals surface area contributed by atoms with Crippen LogP contribution >= 0.6 is 0 Å². The van der Waals surface area contributed by atoms with Gasteiger partial charge in [-0.25, -0.2) is 0 Å². The summed E-state index contributed by atoms with van der Waals surface area (Å²) < 4.78 is 6.14. The van der Waals surface area contributed by atoms with Crippen LogP contribution < -0.4 is 10.1 Å². The number of rotatable bonds is 7. The van der Waals surface area contributed by atoms with Crippen LogP contribution in [0.2, 0.25) is 0 Å². The average molecular weight is 277 g/mol. The van der Waals surface area contributed by atoms with Gasteiger partial charge < -0.3 is 10.1 Å². The topological polar surface area (TPSA) is 21.3 Å². The highest BCUT2D eigenvalue weighted by Gasteiger charge is 2.18. The summed E-state index contributed by atoms with van der Waals surface area (Å²) in [5.41, 5.74) is 1.48. The van der Waals surface area contributed by atoms with Crippen LogP contribution in [0.5, 0.6) is 5.75 Å². The van der Waals surface area contributed by atoms with Gasteiger partial charge in [-0.1, -0.05) is 46.8 Å². The molecule has 0 saturated heterocycles. The van der Waals surface area contributed by atoms with Gasteiger partial charge in [-0.3, -0.25) is 0 Å². The maximum absolute atomic E-state index is 6.14. The van der Waals surface area contributed by atoms with Gasteiger partial charge in [0.05, 0.1) is 0 Å². The van der Waals surface area contributed by atoms with Crippen molar-refractivity contribution in [3.8, 4) is 5.75 Å². The van der Waals surface area contributed by atoms with Gasteiger partial charge in [-0.2, -0.15) is 0 Å². The van der Waals surface area contributed by atoms with Crippen LogP contribution in [0.1, 0.15) is 59.9 Å². The van der Waals surface area contributed by atoms with Gasteiger partial charge in [-0.15, -0.1) is 0 Å². The standard InChI is InChI=1S/C18H31NO/c1-7-12-19-17(8-2)14(3)20-16-11-9-10-15(13-16)18(4,5)6/h9-11,13-14,17,19H,7-8,12H2,1-6H3. The lowest BCUT2D eigenvalue weighted by atomic mass is 9.87. The lowest BCUT2D eigenvalue weighted by Gasteiger charge is -2.26. The Balaban J connectivity index is 2.72. The van der Waals surface area contributed by atoms with Crippen molar-refractivity contribution < 1.29 is 4.74 Å². The molecular formula is C18H31NO. The third-order valence-corrected chi connectivity index (χ3v) is 3.69. The van der Waals surface area contributed by atoms with Gasteiger partial charge in [0.2, 0.25) is 0 Å². The molecule has 0 fully saturated rings. The normalized spacial score (nSPS) is 14.9. The number of nitrogens with one attached hydrogen (secondary N) is 1. The first-order valence-corrected chi connectivity index (χ1v) is 7.89. The molecule has 0 aliphatic rings. The van der Waals surface area contributed by atoms with E-state index in [0.717, 1.165) is 25.1 Å². The van der Waals surface area contributed by atoms with Gasteiger partial charge in [0, 0.05) is 6.04 Å². The summed E-state index contributed by atoms with van der Waals surface area (Å²) in [4.78, 5) is 0. The minimum Gasteiger partial charge on any atom is -0.489 e. The molecule has 0 saturated carbocycles. The predicted molar refractivity (Wildman–Crippen MR) is 87.6 cm³/mol. The van der Waals surface area contributed by atoms with E-state index in [1.807, 2.05) is 0 Å². The third-order valence-electron chi connectivity index (χ3n) is 3.69. The summed E-state index contributed by atoms with van der Waals surface area (Å²) in [6, 6.07) is 8.89. The third kappa shape index (κ3) is 5.16. The lowest BCUT2D eigenvalue weighted by molar-refractivity contribution is 0.167. The van der Waals surface area contributed by atoms with E-state index in [-0.39, 0.29) is 11.5 Å². The van der Waals surface area contributed by atoms with Crippen LogP contribution in [-0.4, -0.2) is 18.7 Å². The van der Waals surface area contributed by atoms with E-state index in [2.05, 4.69) is 71.1 Å². The van der Waals surface area contributed by atoms with Crippen molar-refractivity contribution >= 4 is 0 Å². The Bertz CT molecular complexity index is 395. The highest BCUT2D eigenvalue weighted by molar-refractivity contribution is 5.32. The molecule has 0 bridgehead atoms. The molecule has 2 atom stereocenters. The molecule has 2 nitrogen and oxygen atoms in total. The molecular weight excluding hydrogens is 246 g/mol. The van der Waals surface area contributed by atoms with Crippen molar-refractivity contribution in [3.05, 3.63) is 29.8 Å². The van der Waals surface area contributed by atoms with E-state index in [1.54, 1.807) is 0 Å². The summed E-state index contributed by atoms with van der Waals surface area (Å²) in [7, 11) is 0. The molecule has 1 N–H and O–H groups in total. The van der Waals surface area contributed by atoms with Crippen molar-refractivity contribution in [1.82, 2.24) is 5.32 Å². The maximum atomic E-state index is 6.14. The summed E-state index contributed by atoms with van der Waals surface area (Å²) in [5, 5.41) is 3.56. The Labute approximate surface area is 124 Å². The van der Waals surface area contributed by atoms with E-state index in [0.29, 0.717) is 6.04 Å². The molecule has 20 heavy (non-hydrogen) atoms. The maximum Gasteiger partial charge on any atom is 0.120 e. The highest BCUT2D eigenvalue weighted by atomic mass is 16.5. The molecule has 0 aliphatic heterocycles. The number of hydrogen-bond acceptors (Lipinski definition) is 2. The molecule has 2 unspecified atom stereocenters. The van der Waals surface area contributed by atoms with E-state index in [4.69, 9.17) is 4.74 Å². The van der Waals surface area contributed by atoms with Crippen molar-refractivity contribution in [2.45, 2.75) is 71.9 Å². The van der Waals surface area contributed by atoms with Crippen LogP contribution in [0, 0.1) is 0 Å². The van der Waals surface area contributed by atoms with Gasteiger partial charge in [0.15, 0.2) is 0 Å². The van der Waals surface area contributed by atoms with Gasteiger partial charge in [0.25, 0.3) is 0 Å². The van der Waals surface area contributed by atoms with Crippen LogP contribution in [0.25, 0.3) is 0 Å². The van der Waals surface area contributed by atoms with Gasteiger partial charge in [0.1, 0.15) is 11.9 Å². The number of hydrogen-bond donors (Lipinski definition) is 1. The molecule has 0 spiro atoms. The Morgan fingerprint density at radius 3 is 2.45 bits per heavy atom. The van der Waals surface area contributed by atoms with Crippen LogP contribution in [-0.2, 0) is 5.41 Å². The first-order valence-electron chi connectivity index (χ1n) is 7.89. The highest BCUT2D eigenvalue weighted by Crippen LogP contribution is 2.26. The molecule has 1 aromatic rings. The Kier molecular flexibility index (Phi) is 6.54. The second-order valence-corrected chi connectivity index (χ2v) is 6.57. The number of ether oxygens (including phenoxy) is 1. The molecule has 2 heteroatoms. The molecule has 0 aromatic heterocycles. The first-order chi connectivity index (χ1) is 9.38.